The fourth-order valence-electron chi connectivity index (χ4n) is 9.49. The summed E-state index contributed by atoms with van der Waals surface area (Å²) in [5, 5.41) is 76.3. The van der Waals surface area contributed by atoms with E-state index in [2.05, 4.69) is 13.8 Å². The van der Waals surface area contributed by atoms with Gasteiger partial charge in [-0.05, 0) is 87.4 Å². The molecule has 0 aliphatic heterocycles. The Morgan fingerprint density at radius 1 is 0.912 bits per heavy atom. The van der Waals surface area contributed by atoms with Crippen LogP contribution in [0.15, 0.2) is 0 Å². The second kappa shape index (κ2) is 8.64. The molecule has 0 saturated heterocycles. The van der Waals surface area contributed by atoms with E-state index in [1.807, 2.05) is 6.92 Å². The zero-order valence-corrected chi connectivity index (χ0v) is 21.6. The van der Waals surface area contributed by atoms with E-state index in [4.69, 9.17) is 0 Å². The first-order valence-electron chi connectivity index (χ1n) is 13.4. The predicted molar refractivity (Wildman–Crippen MR) is 128 cm³/mol. The predicted octanol–water partition coefficient (Wildman–Crippen LogP) is 1.58. The third-order valence-electron chi connectivity index (χ3n) is 11.2. The summed E-state index contributed by atoms with van der Waals surface area (Å²) in [6, 6.07) is 0. The van der Waals surface area contributed by atoms with Gasteiger partial charge >= 0.3 is 0 Å². The first kappa shape index (κ1) is 26.8. The second-order valence-electron chi connectivity index (χ2n) is 13.6. The van der Waals surface area contributed by atoms with Crippen LogP contribution in [0.4, 0.5) is 0 Å². The van der Waals surface area contributed by atoms with Gasteiger partial charge in [-0.25, -0.2) is 0 Å². The first-order chi connectivity index (χ1) is 15.6. The number of hydrogen-bond donors (Lipinski definition) is 7. The Labute approximate surface area is 204 Å². The van der Waals surface area contributed by atoms with Crippen molar-refractivity contribution in [2.45, 2.75) is 128 Å². The summed E-state index contributed by atoms with van der Waals surface area (Å²) in [6.45, 7) is 9.59. The molecule has 0 aromatic rings. The molecule has 4 rings (SSSR count). The molecule has 13 atom stereocenters. The molecule has 3 unspecified atom stereocenters. The van der Waals surface area contributed by atoms with Crippen LogP contribution in [0.25, 0.3) is 0 Å². The summed E-state index contributed by atoms with van der Waals surface area (Å²) < 4.78 is 0. The lowest BCUT2D eigenvalue weighted by molar-refractivity contribution is -0.280. The maximum atomic E-state index is 12.3. The Hall–Kier alpha value is -0.280. The van der Waals surface area contributed by atoms with Crippen molar-refractivity contribution in [1.29, 1.82) is 0 Å². The second-order valence-corrected chi connectivity index (χ2v) is 13.6. The van der Waals surface area contributed by atoms with Crippen LogP contribution >= 0.6 is 0 Å². The molecular formula is C27H48O7. The van der Waals surface area contributed by atoms with Gasteiger partial charge in [0.2, 0.25) is 0 Å². The van der Waals surface area contributed by atoms with E-state index in [-0.39, 0.29) is 35.5 Å². The molecule has 7 heteroatoms. The van der Waals surface area contributed by atoms with Crippen molar-refractivity contribution in [3.05, 3.63) is 0 Å². The fraction of sp³-hybridized carbons (Fsp3) is 1.00. The largest absolute Gasteiger partial charge is 0.393 e. The van der Waals surface area contributed by atoms with E-state index in [9.17, 15) is 35.7 Å². The van der Waals surface area contributed by atoms with E-state index >= 15 is 0 Å². The lowest BCUT2D eigenvalue weighted by Gasteiger charge is -2.66. The molecule has 0 spiro atoms. The van der Waals surface area contributed by atoms with E-state index < -0.39 is 53.1 Å². The molecule has 7 nitrogen and oxygen atoms in total. The minimum Gasteiger partial charge on any atom is -0.393 e. The number of hydrogen-bond acceptors (Lipinski definition) is 7. The highest BCUT2D eigenvalue weighted by molar-refractivity contribution is 5.20. The van der Waals surface area contributed by atoms with Crippen LogP contribution in [0.3, 0.4) is 0 Å². The monoisotopic (exact) mass is 484 g/mol. The van der Waals surface area contributed by atoms with Crippen molar-refractivity contribution >= 4 is 0 Å². The van der Waals surface area contributed by atoms with E-state index in [1.165, 1.54) is 0 Å². The summed E-state index contributed by atoms with van der Waals surface area (Å²) in [5.41, 5.74) is -3.21. The minimum atomic E-state index is -1.24. The highest BCUT2D eigenvalue weighted by Crippen LogP contribution is 2.69. The SMILES string of the molecule is C[C@H](CC[C@@H](O)C(C)(C)O)[C@H]1C[C@@H](O)C2[C@]3(O)C[C@@H](O)C4[C@@H](O)[C@@H](O)CC[C@]4(C)C3CC[C@@]21C. The van der Waals surface area contributed by atoms with Crippen LogP contribution in [0.2, 0.25) is 0 Å². The lowest BCUT2D eigenvalue weighted by atomic mass is 9.41. The highest BCUT2D eigenvalue weighted by atomic mass is 16.3. The zero-order chi connectivity index (χ0) is 25.4. The van der Waals surface area contributed by atoms with Gasteiger partial charge in [0, 0.05) is 18.3 Å². The lowest BCUT2D eigenvalue weighted by Crippen LogP contribution is -2.70. The third-order valence-corrected chi connectivity index (χ3v) is 11.2. The van der Waals surface area contributed by atoms with Crippen molar-refractivity contribution < 1.29 is 35.7 Å². The van der Waals surface area contributed by atoms with Crippen molar-refractivity contribution in [1.82, 2.24) is 0 Å². The van der Waals surface area contributed by atoms with Gasteiger partial charge in [0.1, 0.15) is 0 Å². The van der Waals surface area contributed by atoms with E-state index in [0.29, 0.717) is 25.7 Å². The van der Waals surface area contributed by atoms with Gasteiger partial charge in [-0.2, -0.15) is 0 Å². The minimum absolute atomic E-state index is 0.109. The Morgan fingerprint density at radius 2 is 1.53 bits per heavy atom. The zero-order valence-electron chi connectivity index (χ0n) is 21.6. The Morgan fingerprint density at radius 3 is 2.15 bits per heavy atom. The molecular weight excluding hydrogens is 436 g/mol. The molecule has 0 radical (unpaired) electrons. The smallest absolute Gasteiger partial charge is 0.0857 e. The van der Waals surface area contributed by atoms with E-state index in [0.717, 1.165) is 19.3 Å². The quantitative estimate of drug-likeness (QED) is 0.314. The molecule has 0 bridgehead atoms. The van der Waals surface area contributed by atoms with Gasteiger partial charge < -0.3 is 35.7 Å². The molecule has 0 aromatic heterocycles. The third kappa shape index (κ3) is 3.89. The maximum Gasteiger partial charge on any atom is 0.0857 e. The molecule has 198 valence electrons. The van der Waals surface area contributed by atoms with Crippen molar-refractivity contribution in [2.75, 3.05) is 0 Å². The molecule has 0 heterocycles. The van der Waals surface area contributed by atoms with Gasteiger partial charge in [0.15, 0.2) is 0 Å². The molecule has 34 heavy (non-hydrogen) atoms. The topological polar surface area (TPSA) is 142 Å². The van der Waals surface area contributed by atoms with Gasteiger partial charge in [0.25, 0.3) is 0 Å². The molecule has 4 fully saturated rings. The van der Waals surface area contributed by atoms with Gasteiger partial charge in [-0.1, -0.05) is 20.8 Å². The highest BCUT2D eigenvalue weighted by Gasteiger charge is 2.71. The van der Waals surface area contributed by atoms with Crippen LogP contribution in [-0.4, -0.2) is 77.5 Å². The molecule has 7 N–H and O–H groups in total. The average molecular weight is 485 g/mol. The van der Waals surface area contributed by atoms with Crippen molar-refractivity contribution in [2.24, 2.45) is 40.4 Å². The summed E-state index contributed by atoms with van der Waals surface area (Å²) >= 11 is 0. The first-order valence-corrected chi connectivity index (χ1v) is 13.4. The molecule has 0 aromatic carbocycles. The molecule has 4 aliphatic rings. The Kier molecular flexibility index (Phi) is 6.81. The number of aliphatic hydroxyl groups is 7. The number of aliphatic hydroxyl groups excluding tert-OH is 5. The van der Waals surface area contributed by atoms with Gasteiger partial charge in [-0.15, -0.1) is 0 Å². The summed E-state index contributed by atoms with van der Waals surface area (Å²) in [5.74, 6) is -0.656. The van der Waals surface area contributed by atoms with Crippen LogP contribution in [-0.2, 0) is 0 Å². The molecule has 0 amide bonds. The summed E-state index contributed by atoms with van der Waals surface area (Å²) in [4.78, 5) is 0. The average Bonchev–Trinajstić information content (AvgIpc) is 2.99. The van der Waals surface area contributed by atoms with Gasteiger partial charge in [0.05, 0.1) is 41.7 Å². The molecule has 4 saturated carbocycles. The normalized spacial score (nSPS) is 52.9. The van der Waals surface area contributed by atoms with Crippen molar-refractivity contribution in [3.8, 4) is 0 Å². The van der Waals surface area contributed by atoms with Crippen molar-refractivity contribution in [3.63, 3.8) is 0 Å². The molecule has 4 aliphatic carbocycles. The summed E-state index contributed by atoms with van der Waals surface area (Å²) in [7, 11) is 0. The Balaban J connectivity index is 1.60. The Bertz CT molecular complexity index is 754. The summed E-state index contributed by atoms with van der Waals surface area (Å²) in [6.07, 6.45) is 0.270. The number of rotatable bonds is 5. The van der Waals surface area contributed by atoms with Crippen LogP contribution in [0.1, 0.15) is 86.0 Å². The van der Waals surface area contributed by atoms with Crippen LogP contribution < -0.4 is 0 Å². The standard InChI is InChI=1S/C27H48O7/c1-14(6-7-20(31)24(2,3)33)15-12-17(29)23-25(15,4)11-9-19-26(5)10-8-16(28)22(32)21(26)18(30)13-27(19,23)34/h14-23,28-34H,6-13H2,1-5H3/t14-,15-,16+,17-,18-,19?,20-,21?,22+,23?,25-,26-,27+/m1/s1. The number of fused-ring (bicyclic) bond motifs is 5. The van der Waals surface area contributed by atoms with Gasteiger partial charge in [-0.3, -0.25) is 0 Å². The fourth-order valence-corrected chi connectivity index (χ4v) is 9.49. The van der Waals surface area contributed by atoms with Crippen LogP contribution in [0.5, 0.6) is 0 Å². The van der Waals surface area contributed by atoms with Crippen LogP contribution in [0, 0.1) is 40.4 Å². The van der Waals surface area contributed by atoms with E-state index in [1.54, 1.807) is 13.8 Å². The maximum absolute atomic E-state index is 12.3.